The van der Waals surface area contributed by atoms with E-state index in [1.807, 2.05) is 32.6 Å². The van der Waals surface area contributed by atoms with Gasteiger partial charge in [0.15, 0.2) is 0 Å². The van der Waals surface area contributed by atoms with Crippen LogP contribution in [0.15, 0.2) is 29.2 Å². The fourth-order valence-corrected chi connectivity index (χ4v) is 2.33. The number of nitrogens with two attached hydrogens (primary N) is 1. The Kier molecular flexibility index (Phi) is 6.56. The smallest absolute Gasteiger partial charge is 0.240 e. The van der Waals surface area contributed by atoms with Crippen molar-refractivity contribution < 1.29 is 4.79 Å². The average molecular weight is 294 g/mol. The lowest BCUT2D eigenvalue weighted by atomic mass is 10.0. The van der Waals surface area contributed by atoms with E-state index in [9.17, 15) is 4.79 Å². The third-order valence-corrected chi connectivity index (χ3v) is 4.17. The third kappa shape index (κ3) is 4.53. The summed E-state index contributed by atoms with van der Waals surface area (Å²) in [6.45, 7) is 8.64. The van der Waals surface area contributed by atoms with E-state index in [-0.39, 0.29) is 17.9 Å². The Morgan fingerprint density at radius 1 is 1.20 bits per heavy atom. The number of nitrogens with zero attached hydrogens (tertiary/aromatic N) is 1. The van der Waals surface area contributed by atoms with E-state index in [1.54, 1.807) is 11.8 Å². The van der Waals surface area contributed by atoms with Gasteiger partial charge in [-0.1, -0.05) is 26.0 Å². The number of benzene rings is 1. The van der Waals surface area contributed by atoms with Gasteiger partial charge in [-0.05, 0) is 43.7 Å². The van der Waals surface area contributed by atoms with Crippen molar-refractivity contribution in [1.82, 2.24) is 4.90 Å². The lowest BCUT2D eigenvalue weighted by Crippen LogP contribution is -2.48. The van der Waals surface area contributed by atoms with Gasteiger partial charge in [0.2, 0.25) is 5.91 Å². The molecule has 4 heteroatoms. The van der Waals surface area contributed by atoms with E-state index in [1.165, 1.54) is 4.90 Å². The van der Waals surface area contributed by atoms with Gasteiger partial charge in [-0.15, -0.1) is 11.8 Å². The summed E-state index contributed by atoms with van der Waals surface area (Å²) in [7, 11) is 0. The number of thioether (sulfide) groups is 1. The van der Waals surface area contributed by atoms with E-state index in [0.717, 1.165) is 5.56 Å². The van der Waals surface area contributed by atoms with Gasteiger partial charge in [0.25, 0.3) is 0 Å². The van der Waals surface area contributed by atoms with E-state index >= 15 is 0 Å². The number of hydrogen-bond acceptors (Lipinski definition) is 3. The second-order valence-electron chi connectivity index (χ2n) is 5.68. The van der Waals surface area contributed by atoms with Gasteiger partial charge >= 0.3 is 0 Å². The molecule has 0 aromatic heterocycles. The maximum atomic E-state index is 12.5. The molecule has 0 heterocycles. The lowest BCUT2D eigenvalue weighted by Gasteiger charge is -2.30. The molecule has 0 aliphatic rings. The molecular weight excluding hydrogens is 268 g/mol. The van der Waals surface area contributed by atoms with Gasteiger partial charge in [0, 0.05) is 17.5 Å². The molecule has 1 amide bonds. The summed E-state index contributed by atoms with van der Waals surface area (Å²) in [5, 5.41) is 0. The summed E-state index contributed by atoms with van der Waals surface area (Å²) in [6.07, 6.45) is 2.06. The summed E-state index contributed by atoms with van der Waals surface area (Å²) in [6, 6.07) is 8.05. The fraction of sp³-hybridized carbons (Fsp3) is 0.562. The molecule has 1 atom stereocenters. The zero-order valence-electron chi connectivity index (χ0n) is 13.1. The summed E-state index contributed by atoms with van der Waals surface area (Å²) < 4.78 is 0. The largest absolute Gasteiger partial charge is 0.335 e. The Labute approximate surface area is 126 Å². The maximum Gasteiger partial charge on any atom is 0.240 e. The van der Waals surface area contributed by atoms with Crippen LogP contribution in [0.25, 0.3) is 0 Å². The SMILES string of the molecule is CSc1ccc(CN(C(=O)[C@@H](N)C(C)C)C(C)C)cc1. The molecule has 0 bridgehead atoms. The number of carbonyl (C=O) groups is 1. The van der Waals surface area contributed by atoms with E-state index in [2.05, 4.69) is 30.5 Å². The van der Waals surface area contributed by atoms with Crippen LogP contribution < -0.4 is 5.73 Å². The normalized spacial score (nSPS) is 12.8. The predicted octanol–water partition coefficient (Wildman–Crippen LogP) is 3.13. The number of amides is 1. The fourth-order valence-electron chi connectivity index (χ4n) is 1.92. The highest BCUT2D eigenvalue weighted by atomic mass is 32.2. The highest BCUT2D eigenvalue weighted by Crippen LogP contribution is 2.17. The Balaban J connectivity index is 2.83. The van der Waals surface area contributed by atoms with Crippen LogP contribution in [-0.4, -0.2) is 29.1 Å². The quantitative estimate of drug-likeness (QED) is 0.820. The third-order valence-electron chi connectivity index (χ3n) is 3.42. The Morgan fingerprint density at radius 3 is 2.15 bits per heavy atom. The lowest BCUT2D eigenvalue weighted by molar-refractivity contribution is -0.136. The molecule has 3 nitrogen and oxygen atoms in total. The molecule has 1 aromatic carbocycles. The predicted molar refractivity (Wildman–Crippen MR) is 86.7 cm³/mol. The number of hydrogen-bond donors (Lipinski definition) is 1. The van der Waals surface area contributed by atoms with Gasteiger partial charge in [-0.3, -0.25) is 4.79 Å². The summed E-state index contributed by atoms with van der Waals surface area (Å²) in [4.78, 5) is 15.5. The van der Waals surface area contributed by atoms with Crippen molar-refractivity contribution in [2.24, 2.45) is 11.7 Å². The van der Waals surface area contributed by atoms with Crippen molar-refractivity contribution >= 4 is 17.7 Å². The molecule has 0 aliphatic carbocycles. The standard InChI is InChI=1S/C16H26N2OS/c1-11(2)15(17)16(19)18(12(3)4)10-13-6-8-14(20-5)9-7-13/h6-9,11-12,15H,10,17H2,1-5H3/t15-/m0/s1. The molecule has 0 spiro atoms. The zero-order chi connectivity index (χ0) is 15.3. The molecule has 1 rings (SSSR count). The summed E-state index contributed by atoms with van der Waals surface area (Å²) >= 11 is 1.72. The van der Waals surface area contributed by atoms with Crippen molar-refractivity contribution in [3.05, 3.63) is 29.8 Å². The van der Waals surface area contributed by atoms with Gasteiger partial charge in [0.1, 0.15) is 0 Å². The van der Waals surface area contributed by atoms with Crippen LogP contribution in [0, 0.1) is 5.92 Å². The van der Waals surface area contributed by atoms with Gasteiger partial charge < -0.3 is 10.6 Å². The minimum atomic E-state index is -0.428. The Morgan fingerprint density at radius 2 is 1.75 bits per heavy atom. The molecular formula is C16H26N2OS. The highest BCUT2D eigenvalue weighted by molar-refractivity contribution is 7.98. The number of rotatable bonds is 6. The van der Waals surface area contributed by atoms with Crippen molar-refractivity contribution in [2.75, 3.05) is 6.26 Å². The summed E-state index contributed by atoms with van der Waals surface area (Å²) in [5.41, 5.74) is 7.14. The van der Waals surface area contributed by atoms with E-state index < -0.39 is 6.04 Å². The van der Waals surface area contributed by atoms with Crippen molar-refractivity contribution in [1.29, 1.82) is 0 Å². The maximum absolute atomic E-state index is 12.5. The average Bonchev–Trinajstić information content (AvgIpc) is 2.43. The molecule has 0 unspecified atom stereocenters. The molecule has 0 radical (unpaired) electrons. The van der Waals surface area contributed by atoms with Crippen molar-refractivity contribution in [3.8, 4) is 0 Å². The van der Waals surface area contributed by atoms with Gasteiger partial charge in [0.05, 0.1) is 6.04 Å². The van der Waals surface area contributed by atoms with Crippen molar-refractivity contribution in [2.45, 2.75) is 51.2 Å². The minimum absolute atomic E-state index is 0.0314. The molecule has 1 aromatic rings. The monoisotopic (exact) mass is 294 g/mol. The van der Waals surface area contributed by atoms with Gasteiger partial charge in [-0.25, -0.2) is 0 Å². The van der Waals surface area contributed by atoms with E-state index in [4.69, 9.17) is 5.73 Å². The first-order valence-corrected chi connectivity index (χ1v) is 8.28. The van der Waals surface area contributed by atoms with Crippen molar-refractivity contribution in [3.63, 3.8) is 0 Å². The molecule has 2 N–H and O–H groups in total. The van der Waals surface area contributed by atoms with Crippen LogP contribution in [0.4, 0.5) is 0 Å². The molecule has 0 saturated heterocycles. The molecule has 0 saturated carbocycles. The second-order valence-corrected chi connectivity index (χ2v) is 6.56. The molecule has 0 aliphatic heterocycles. The minimum Gasteiger partial charge on any atom is -0.335 e. The Bertz CT molecular complexity index is 429. The topological polar surface area (TPSA) is 46.3 Å². The molecule has 20 heavy (non-hydrogen) atoms. The van der Waals surface area contributed by atoms with Crippen LogP contribution in [0.5, 0.6) is 0 Å². The van der Waals surface area contributed by atoms with E-state index in [0.29, 0.717) is 6.54 Å². The first-order valence-electron chi connectivity index (χ1n) is 7.05. The highest BCUT2D eigenvalue weighted by Gasteiger charge is 2.25. The number of carbonyl (C=O) groups excluding carboxylic acids is 1. The van der Waals surface area contributed by atoms with Crippen LogP contribution in [-0.2, 0) is 11.3 Å². The van der Waals surface area contributed by atoms with Crippen LogP contribution >= 0.6 is 11.8 Å². The van der Waals surface area contributed by atoms with Crippen LogP contribution in [0.1, 0.15) is 33.3 Å². The Hall–Kier alpha value is -1.00. The summed E-state index contributed by atoms with van der Waals surface area (Å²) in [5.74, 6) is 0.187. The first-order chi connectivity index (χ1) is 9.36. The molecule has 0 fully saturated rings. The first kappa shape index (κ1) is 17.1. The van der Waals surface area contributed by atoms with Gasteiger partial charge in [-0.2, -0.15) is 0 Å². The zero-order valence-corrected chi connectivity index (χ0v) is 13.9. The van der Waals surface area contributed by atoms with Crippen LogP contribution in [0.2, 0.25) is 0 Å². The molecule has 112 valence electrons. The second kappa shape index (κ2) is 7.70. The van der Waals surface area contributed by atoms with Crippen LogP contribution in [0.3, 0.4) is 0 Å².